The molecule has 3 aromatic rings. The number of allylic oxidation sites excluding steroid dienone is 1. The highest BCUT2D eigenvalue weighted by molar-refractivity contribution is 6.33. The normalized spacial score (nSPS) is 18.5. The van der Waals surface area contributed by atoms with Gasteiger partial charge in [0.25, 0.3) is 0 Å². The molecule has 0 radical (unpaired) electrons. The Bertz CT molecular complexity index is 1290. The second-order valence-corrected chi connectivity index (χ2v) is 9.06. The number of hydrogen-bond donors (Lipinski definition) is 2. The SMILES string of the molecule is CN(C)CCN(C)C1=C(N)CC(N)(c2ncc(Cl)c(-c3cnn4ccccc34)n2)C(OC(F)F)=C1. The highest BCUT2D eigenvalue weighted by atomic mass is 35.5. The fourth-order valence-corrected chi connectivity index (χ4v) is 4.15. The molecule has 3 heterocycles. The largest absolute Gasteiger partial charge is 0.437 e. The summed E-state index contributed by atoms with van der Waals surface area (Å²) in [6, 6.07) is 5.56. The zero-order chi connectivity index (χ0) is 25.3. The molecule has 0 amide bonds. The molecule has 4 rings (SSSR count). The minimum atomic E-state index is -3.09. The maximum absolute atomic E-state index is 13.4. The van der Waals surface area contributed by atoms with Gasteiger partial charge in [-0.1, -0.05) is 17.7 Å². The molecule has 3 aromatic heterocycles. The zero-order valence-electron chi connectivity index (χ0n) is 19.6. The molecule has 12 heteroatoms. The van der Waals surface area contributed by atoms with Crippen molar-refractivity contribution in [3.63, 3.8) is 0 Å². The lowest BCUT2D eigenvalue weighted by Gasteiger charge is -2.36. The number of rotatable bonds is 8. The van der Waals surface area contributed by atoms with E-state index in [4.69, 9.17) is 27.8 Å². The summed E-state index contributed by atoms with van der Waals surface area (Å²) in [5, 5.41) is 4.58. The van der Waals surface area contributed by atoms with Crippen LogP contribution >= 0.6 is 11.6 Å². The van der Waals surface area contributed by atoms with Crippen molar-refractivity contribution in [2.75, 3.05) is 34.2 Å². The first-order chi connectivity index (χ1) is 16.6. The van der Waals surface area contributed by atoms with Crippen LogP contribution in [0.15, 0.2) is 60.0 Å². The number of hydrogen-bond acceptors (Lipinski definition) is 8. The first kappa shape index (κ1) is 24.8. The molecule has 9 nitrogen and oxygen atoms in total. The lowest BCUT2D eigenvalue weighted by Crippen LogP contribution is -2.46. The van der Waals surface area contributed by atoms with Gasteiger partial charge < -0.3 is 26.0 Å². The summed E-state index contributed by atoms with van der Waals surface area (Å²) in [6.07, 6.45) is 6.21. The highest BCUT2D eigenvalue weighted by Crippen LogP contribution is 2.39. The summed E-state index contributed by atoms with van der Waals surface area (Å²) in [4.78, 5) is 12.8. The summed E-state index contributed by atoms with van der Waals surface area (Å²) < 4.78 is 33.4. The fourth-order valence-electron chi connectivity index (χ4n) is 3.96. The maximum Gasteiger partial charge on any atom is 0.387 e. The standard InChI is InChI=1S/C23H27ClF2N8O/c1-32(2)8-9-33(3)18-10-19(35-22(25)26)23(28,11-16(18)27)21-29-13-15(24)20(31-21)14-12-30-34-7-5-4-6-17(14)34/h4-7,10,12-13,22H,8-9,11,27-28H2,1-3H3. The van der Waals surface area contributed by atoms with Crippen molar-refractivity contribution in [3.05, 3.63) is 70.9 Å². The molecular formula is C23H27ClF2N8O. The number of fused-ring (bicyclic) bond motifs is 1. The molecule has 1 atom stereocenters. The van der Waals surface area contributed by atoms with Crippen molar-refractivity contribution in [1.29, 1.82) is 0 Å². The first-order valence-electron chi connectivity index (χ1n) is 10.9. The van der Waals surface area contributed by atoms with Gasteiger partial charge in [0, 0.05) is 56.3 Å². The third-order valence-corrected chi connectivity index (χ3v) is 6.12. The number of alkyl halides is 2. The Morgan fingerprint density at radius 2 is 2.00 bits per heavy atom. The van der Waals surface area contributed by atoms with Gasteiger partial charge in [0.1, 0.15) is 11.3 Å². The fraction of sp³-hybridized carbons (Fsp3) is 0.348. The van der Waals surface area contributed by atoms with E-state index in [0.717, 1.165) is 12.1 Å². The van der Waals surface area contributed by atoms with E-state index in [-0.39, 0.29) is 23.0 Å². The van der Waals surface area contributed by atoms with E-state index < -0.39 is 12.2 Å². The van der Waals surface area contributed by atoms with E-state index in [1.165, 1.54) is 12.3 Å². The zero-order valence-corrected chi connectivity index (χ0v) is 20.4. The third kappa shape index (κ3) is 4.93. The Morgan fingerprint density at radius 3 is 2.71 bits per heavy atom. The topological polar surface area (TPSA) is 111 Å². The molecule has 1 unspecified atom stereocenters. The van der Waals surface area contributed by atoms with Gasteiger partial charge in [-0.15, -0.1) is 0 Å². The quantitative estimate of drug-likeness (QED) is 0.482. The van der Waals surface area contributed by atoms with Crippen molar-refractivity contribution < 1.29 is 13.5 Å². The van der Waals surface area contributed by atoms with Crippen LogP contribution in [0.2, 0.25) is 5.02 Å². The van der Waals surface area contributed by atoms with Crippen molar-refractivity contribution in [3.8, 4) is 11.3 Å². The summed E-state index contributed by atoms with van der Waals surface area (Å²) in [6.45, 7) is -1.73. The smallest absolute Gasteiger partial charge is 0.387 e. The van der Waals surface area contributed by atoms with Gasteiger partial charge in [-0.25, -0.2) is 14.5 Å². The van der Waals surface area contributed by atoms with Crippen LogP contribution in [0.5, 0.6) is 0 Å². The van der Waals surface area contributed by atoms with E-state index in [1.807, 2.05) is 49.1 Å². The van der Waals surface area contributed by atoms with E-state index in [0.29, 0.717) is 29.2 Å². The van der Waals surface area contributed by atoms with Gasteiger partial charge in [0.15, 0.2) is 5.82 Å². The average molecular weight is 505 g/mol. The van der Waals surface area contributed by atoms with E-state index >= 15 is 0 Å². The van der Waals surface area contributed by atoms with Gasteiger partial charge in [0.05, 0.1) is 28.1 Å². The monoisotopic (exact) mass is 504 g/mol. The molecular weight excluding hydrogens is 478 g/mol. The van der Waals surface area contributed by atoms with Crippen LogP contribution in [0.4, 0.5) is 8.78 Å². The molecule has 0 aromatic carbocycles. The number of halogens is 3. The van der Waals surface area contributed by atoms with Gasteiger partial charge >= 0.3 is 6.61 Å². The average Bonchev–Trinajstić information content (AvgIpc) is 3.23. The van der Waals surface area contributed by atoms with Crippen LogP contribution in [0.1, 0.15) is 12.2 Å². The number of aromatic nitrogens is 4. The lowest BCUT2D eigenvalue weighted by atomic mass is 9.85. The van der Waals surface area contributed by atoms with Gasteiger partial charge in [-0.2, -0.15) is 13.9 Å². The Balaban J connectivity index is 1.77. The van der Waals surface area contributed by atoms with Crippen LogP contribution in [-0.2, 0) is 10.3 Å². The van der Waals surface area contributed by atoms with Crippen LogP contribution < -0.4 is 11.5 Å². The molecule has 35 heavy (non-hydrogen) atoms. The van der Waals surface area contributed by atoms with E-state index in [9.17, 15) is 8.78 Å². The molecule has 0 aliphatic heterocycles. The van der Waals surface area contributed by atoms with Crippen LogP contribution in [0.3, 0.4) is 0 Å². The molecule has 4 N–H and O–H groups in total. The molecule has 1 aliphatic rings. The number of nitrogens with zero attached hydrogens (tertiary/aromatic N) is 6. The number of ether oxygens (including phenoxy) is 1. The van der Waals surface area contributed by atoms with Gasteiger partial charge in [-0.3, -0.25) is 0 Å². The minimum Gasteiger partial charge on any atom is -0.437 e. The number of pyridine rings is 1. The maximum atomic E-state index is 13.4. The molecule has 186 valence electrons. The van der Waals surface area contributed by atoms with Crippen LogP contribution in [0, 0.1) is 0 Å². The highest BCUT2D eigenvalue weighted by Gasteiger charge is 2.43. The Morgan fingerprint density at radius 1 is 1.23 bits per heavy atom. The van der Waals surface area contributed by atoms with Crippen molar-refractivity contribution in [1.82, 2.24) is 29.4 Å². The molecule has 1 aliphatic carbocycles. The van der Waals surface area contributed by atoms with Crippen LogP contribution in [0.25, 0.3) is 16.8 Å². The van der Waals surface area contributed by atoms with Crippen molar-refractivity contribution in [2.45, 2.75) is 18.6 Å². The number of likely N-dealkylation sites (N-methyl/N-ethyl adjacent to an activating group) is 2. The summed E-state index contributed by atoms with van der Waals surface area (Å²) in [5.74, 6) is -0.126. The predicted molar refractivity (Wildman–Crippen MR) is 129 cm³/mol. The Labute approximate surface area is 206 Å². The summed E-state index contributed by atoms with van der Waals surface area (Å²) >= 11 is 6.43. The predicted octanol–water partition coefficient (Wildman–Crippen LogP) is 2.79. The Kier molecular flexibility index (Phi) is 6.93. The van der Waals surface area contributed by atoms with Crippen molar-refractivity contribution >= 4 is 17.1 Å². The molecule has 0 saturated heterocycles. The third-order valence-electron chi connectivity index (χ3n) is 5.84. The Hall–Kier alpha value is -3.28. The molecule has 0 spiro atoms. The molecule has 0 fully saturated rings. The first-order valence-corrected chi connectivity index (χ1v) is 11.2. The second-order valence-electron chi connectivity index (χ2n) is 8.65. The number of nitrogens with two attached hydrogens (primary N) is 2. The van der Waals surface area contributed by atoms with Gasteiger partial charge in [-0.05, 0) is 26.2 Å². The minimum absolute atomic E-state index is 0.0248. The second kappa shape index (κ2) is 9.76. The summed E-state index contributed by atoms with van der Waals surface area (Å²) in [7, 11) is 5.71. The summed E-state index contributed by atoms with van der Waals surface area (Å²) in [5.41, 5.74) is 14.2. The van der Waals surface area contributed by atoms with E-state index in [2.05, 4.69) is 15.1 Å². The lowest BCUT2D eigenvalue weighted by molar-refractivity contribution is -0.108. The van der Waals surface area contributed by atoms with E-state index in [1.54, 1.807) is 16.9 Å². The van der Waals surface area contributed by atoms with Crippen LogP contribution in [-0.4, -0.2) is 70.2 Å². The molecule has 0 saturated carbocycles. The van der Waals surface area contributed by atoms with Crippen molar-refractivity contribution in [2.24, 2.45) is 11.5 Å². The molecule has 0 bridgehead atoms. The van der Waals surface area contributed by atoms with Gasteiger partial charge in [0.2, 0.25) is 0 Å².